The Morgan fingerprint density at radius 1 is 1.09 bits per heavy atom. The lowest BCUT2D eigenvalue weighted by Crippen LogP contribution is -2.47. The van der Waals surface area contributed by atoms with E-state index in [1.807, 2.05) is 28.9 Å². The fourth-order valence-corrected chi connectivity index (χ4v) is 3.91. The summed E-state index contributed by atoms with van der Waals surface area (Å²) in [6.45, 7) is 6.04. The molecule has 0 unspecified atom stereocenters. The number of carbonyl (C=O) groups is 2. The van der Waals surface area contributed by atoms with Crippen molar-refractivity contribution < 1.29 is 14.3 Å². The number of piperidine rings is 1. The maximum atomic E-state index is 12.5. The van der Waals surface area contributed by atoms with Crippen LogP contribution in [0.2, 0.25) is 0 Å². The first-order chi connectivity index (χ1) is 10.6. The molecule has 0 spiro atoms. The maximum absolute atomic E-state index is 12.5. The maximum Gasteiger partial charge on any atom is 0.263 e. The normalized spacial score (nSPS) is 20.2. The van der Waals surface area contributed by atoms with Crippen molar-refractivity contribution in [1.29, 1.82) is 0 Å². The van der Waals surface area contributed by atoms with E-state index in [-0.39, 0.29) is 17.7 Å². The lowest BCUT2D eigenvalue weighted by Gasteiger charge is -2.35. The molecule has 3 rings (SSSR count). The van der Waals surface area contributed by atoms with Crippen LogP contribution in [0, 0.1) is 12.8 Å². The van der Waals surface area contributed by atoms with Crippen molar-refractivity contribution in [2.24, 2.45) is 5.92 Å². The Kier molecular flexibility index (Phi) is 4.78. The Bertz CT molecular complexity index is 543. The quantitative estimate of drug-likeness (QED) is 0.834. The fraction of sp³-hybridized carbons (Fsp3) is 0.625. The molecule has 2 saturated heterocycles. The first-order valence-electron chi connectivity index (χ1n) is 7.87. The van der Waals surface area contributed by atoms with Crippen LogP contribution in [0.5, 0.6) is 0 Å². The van der Waals surface area contributed by atoms with Gasteiger partial charge in [0.25, 0.3) is 5.91 Å². The third-order valence-electron chi connectivity index (χ3n) is 4.41. The van der Waals surface area contributed by atoms with Gasteiger partial charge in [0.15, 0.2) is 0 Å². The van der Waals surface area contributed by atoms with E-state index in [2.05, 4.69) is 0 Å². The predicted octanol–water partition coefficient (Wildman–Crippen LogP) is 1.77. The lowest BCUT2D eigenvalue weighted by atomic mass is 9.95. The summed E-state index contributed by atoms with van der Waals surface area (Å²) in [4.78, 5) is 30.6. The number of rotatable bonds is 2. The molecule has 5 nitrogen and oxygen atoms in total. The number of likely N-dealkylation sites (tertiary alicyclic amines) is 1. The van der Waals surface area contributed by atoms with Gasteiger partial charge in [-0.15, -0.1) is 11.3 Å². The van der Waals surface area contributed by atoms with Crippen molar-refractivity contribution in [3.8, 4) is 0 Å². The van der Waals surface area contributed by atoms with Crippen LogP contribution >= 0.6 is 11.3 Å². The summed E-state index contributed by atoms with van der Waals surface area (Å²) in [5.74, 6) is 0.407. The molecule has 120 valence electrons. The number of morpholine rings is 1. The molecule has 6 heteroatoms. The molecule has 0 aliphatic carbocycles. The van der Waals surface area contributed by atoms with Crippen LogP contribution in [-0.2, 0) is 9.53 Å². The second-order valence-corrected chi connectivity index (χ2v) is 7.20. The molecule has 2 fully saturated rings. The van der Waals surface area contributed by atoms with Gasteiger partial charge in [0.1, 0.15) is 0 Å². The van der Waals surface area contributed by atoms with E-state index >= 15 is 0 Å². The van der Waals surface area contributed by atoms with Crippen molar-refractivity contribution in [3.05, 3.63) is 21.9 Å². The third-order valence-corrected chi connectivity index (χ3v) is 5.39. The van der Waals surface area contributed by atoms with Crippen molar-refractivity contribution in [1.82, 2.24) is 9.80 Å². The highest BCUT2D eigenvalue weighted by molar-refractivity contribution is 7.13. The summed E-state index contributed by atoms with van der Waals surface area (Å²) >= 11 is 1.54. The molecule has 22 heavy (non-hydrogen) atoms. The van der Waals surface area contributed by atoms with Crippen molar-refractivity contribution >= 4 is 23.2 Å². The van der Waals surface area contributed by atoms with Crippen molar-refractivity contribution in [3.63, 3.8) is 0 Å². The Hall–Kier alpha value is -1.40. The van der Waals surface area contributed by atoms with E-state index in [0.29, 0.717) is 39.4 Å². The van der Waals surface area contributed by atoms with Crippen LogP contribution in [0.4, 0.5) is 0 Å². The minimum Gasteiger partial charge on any atom is -0.378 e. The van der Waals surface area contributed by atoms with Gasteiger partial charge in [-0.1, -0.05) is 0 Å². The van der Waals surface area contributed by atoms with E-state index in [1.165, 1.54) is 11.3 Å². The Morgan fingerprint density at radius 2 is 1.77 bits per heavy atom. The fourth-order valence-electron chi connectivity index (χ4n) is 3.08. The highest BCUT2D eigenvalue weighted by Crippen LogP contribution is 2.24. The highest BCUT2D eigenvalue weighted by Gasteiger charge is 2.31. The minimum absolute atomic E-state index is 0.0622. The van der Waals surface area contributed by atoms with Crippen LogP contribution in [-0.4, -0.2) is 61.0 Å². The molecule has 3 heterocycles. The molecule has 2 amide bonds. The number of hydrogen-bond donors (Lipinski definition) is 0. The molecule has 1 aromatic heterocycles. The van der Waals surface area contributed by atoms with Crippen LogP contribution < -0.4 is 0 Å². The minimum atomic E-state index is 0.0622. The zero-order chi connectivity index (χ0) is 15.5. The van der Waals surface area contributed by atoms with Gasteiger partial charge >= 0.3 is 0 Å². The van der Waals surface area contributed by atoms with Gasteiger partial charge in [-0.05, 0) is 31.9 Å². The molecule has 0 atom stereocenters. The number of carbonyl (C=O) groups excluding carboxylic acids is 2. The SMILES string of the molecule is Cc1ccc(C(=O)N2CCC(C(=O)N3CCOCC3)CC2)s1. The van der Waals surface area contributed by atoms with Crippen molar-refractivity contribution in [2.75, 3.05) is 39.4 Å². The summed E-state index contributed by atoms with van der Waals surface area (Å²) in [6, 6.07) is 3.87. The summed E-state index contributed by atoms with van der Waals surface area (Å²) in [5.41, 5.74) is 0. The third kappa shape index (κ3) is 3.33. The van der Waals surface area contributed by atoms with Gasteiger partial charge in [0.2, 0.25) is 5.91 Å². The van der Waals surface area contributed by atoms with Gasteiger partial charge in [0, 0.05) is 37.0 Å². The molecule has 0 radical (unpaired) electrons. The van der Waals surface area contributed by atoms with Gasteiger partial charge in [-0.25, -0.2) is 0 Å². The Labute approximate surface area is 134 Å². The molecule has 1 aromatic rings. The first kappa shape index (κ1) is 15.5. The zero-order valence-corrected chi connectivity index (χ0v) is 13.7. The van der Waals surface area contributed by atoms with E-state index in [0.717, 1.165) is 22.6 Å². The summed E-state index contributed by atoms with van der Waals surface area (Å²) < 4.78 is 5.29. The molecule has 0 saturated carbocycles. The zero-order valence-electron chi connectivity index (χ0n) is 12.9. The lowest BCUT2D eigenvalue weighted by molar-refractivity contribution is -0.141. The van der Waals surface area contributed by atoms with Gasteiger partial charge in [-0.3, -0.25) is 9.59 Å². The average Bonchev–Trinajstić information content (AvgIpc) is 3.01. The second kappa shape index (κ2) is 6.79. The van der Waals surface area contributed by atoms with Crippen LogP contribution in [0.15, 0.2) is 12.1 Å². The largest absolute Gasteiger partial charge is 0.378 e. The van der Waals surface area contributed by atoms with Gasteiger partial charge in [-0.2, -0.15) is 0 Å². The van der Waals surface area contributed by atoms with Crippen molar-refractivity contribution in [2.45, 2.75) is 19.8 Å². The standard InChI is InChI=1S/C16H22N2O3S/c1-12-2-3-14(22-12)16(20)17-6-4-13(5-7-17)15(19)18-8-10-21-11-9-18/h2-3,13H,4-11H2,1H3. The average molecular weight is 322 g/mol. The summed E-state index contributed by atoms with van der Waals surface area (Å²) in [6.07, 6.45) is 1.54. The molecule has 2 aliphatic heterocycles. The molecule has 0 bridgehead atoms. The number of ether oxygens (including phenoxy) is 1. The van der Waals surface area contributed by atoms with Crippen LogP contribution in [0.3, 0.4) is 0 Å². The Morgan fingerprint density at radius 3 is 2.36 bits per heavy atom. The molecular weight excluding hydrogens is 300 g/mol. The van der Waals surface area contributed by atoms with Crippen LogP contribution in [0.1, 0.15) is 27.4 Å². The predicted molar refractivity (Wildman–Crippen MR) is 85.1 cm³/mol. The summed E-state index contributed by atoms with van der Waals surface area (Å²) in [7, 11) is 0. The van der Waals surface area contributed by atoms with E-state index < -0.39 is 0 Å². The number of amides is 2. The number of thiophene rings is 1. The number of hydrogen-bond acceptors (Lipinski definition) is 4. The number of nitrogens with zero attached hydrogens (tertiary/aromatic N) is 2. The van der Waals surface area contributed by atoms with E-state index in [1.54, 1.807) is 0 Å². The number of aryl methyl sites for hydroxylation is 1. The molecular formula is C16H22N2O3S. The first-order valence-corrected chi connectivity index (χ1v) is 8.69. The molecule has 2 aliphatic rings. The van der Waals surface area contributed by atoms with E-state index in [4.69, 9.17) is 4.74 Å². The van der Waals surface area contributed by atoms with Gasteiger partial charge in [0.05, 0.1) is 18.1 Å². The topological polar surface area (TPSA) is 49.9 Å². The molecule has 0 N–H and O–H groups in total. The van der Waals surface area contributed by atoms with E-state index in [9.17, 15) is 9.59 Å². The van der Waals surface area contributed by atoms with Gasteiger partial charge < -0.3 is 14.5 Å². The van der Waals surface area contributed by atoms with Crippen LogP contribution in [0.25, 0.3) is 0 Å². The Balaban J connectivity index is 1.53. The second-order valence-electron chi connectivity index (χ2n) is 5.91. The summed E-state index contributed by atoms with van der Waals surface area (Å²) in [5, 5.41) is 0. The monoisotopic (exact) mass is 322 g/mol. The smallest absolute Gasteiger partial charge is 0.263 e. The highest BCUT2D eigenvalue weighted by atomic mass is 32.1. The molecule has 0 aromatic carbocycles.